The van der Waals surface area contributed by atoms with Crippen molar-refractivity contribution in [3.05, 3.63) is 69.8 Å². The molecule has 0 spiro atoms. The van der Waals surface area contributed by atoms with E-state index in [4.69, 9.17) is 9.47 Å². The van der Waals surface area contributed by atoms with Crippen LogP contribution in [0.4, 0.5) is 5.69 Å². The van der Waals surface area contributed by atoms with Crippen LogP contribution in [0.2, 0.25) is 0 Å². The van der Waals surface area contributed by atoms with E-state index in [9.17, 15) is 14.9 Å². The summed E-state index contributed by atoms with van der Waals surface area (Å²) < 4.78 is 10.9. The molecule has 0 bridgehead atoms. The monoisotopic (exact) mass is 341 g/mol. The van der Waals surface area contributed by atoms with E-state index >= 15 is 0 Å². The van der Waals surface area contributed by atoms with E-state index in [0.717, 1.165) is 12.0 Å². The molecule has 0 saturated heterocycles. The van der Waals surface area contributed by atoms with Gasteiger partial charge in [0.2, 0.25) is 0 Å². The third-order valence-electron chi connectivity index (χ3n) is 3.44. The number of nitro benzene ring substituents is 1. The highest BCUT2D eigenvalue weighted by atomic mass is 16.6. The number of allylic oxidation sites excluding steroid dienone is 1. The number of ether oxygens (including phenoxy) is 2. The van der Waals surface area contributed by atoms with E-state index in [0.29, 0.717) is 18.1 Å². The third-order valence-corrected chi connectivity index (χ3v) is 3.44. The van der Waals surface area contributed by atoms with Crippen LogP contribution in [0.3, 0.4) is 0 Å². The van der Waals surface area contributed by atoms with Gasteiger partial charge in [0, 0.05) is 6.07 Å². The molecule has 2 aromatic rings. The quantitative estimate of drug-likeness (QED) is 0.310. The molecular formula is C19H19NO5. The molecule has 0 heterocycles. The number of carbonyl (C=O) groups is 1. The highest BCUT2D eigenvalue weighted by Gasteiger charge is 2.17. The first-order valence-electron chi connectivity index (χ1n) is 7.83. The van der Waals surface area contributed by atoms with Crippen LogP contribution in [0.25, 0.3) is 6.08 Å². The molecular weight excluding hydrogens is 322 g/mol. The number of ketones is 1. The third kappa shape index (κ3) is 4.67. The van der Waals surface area contributed by atoms with Crippen molar-refractivity contribution < 1.29 is 19.2 Å². The largest absolute Gasteiger partial charge is 0.493 e. The van der Waals surface area contributed by atoms with E-state index in [-0.39, 0.29) is 11.3 Å². The Morgan fingerprint density at radius 1 is 1.20 bits per heavy atom. The van der Waals surface area contributed by atoms with Crippen LogP contribution < -0.4 is 9.47 Å². The molecule has 0 aliphatic heterocycles. The van der Waals surface area contributed by atoms with Crippen LogP contribution in [-0.2, 0) is 0 Å². The Labute approximate surface area is 145 Å². The minimum absolute atomic E-state index is 0.0553. The predicted octanol–water partition coefficient (Wildman–Crippen LogP) is 4.29. The second-order valence-electron chi connectivity index (χ2n) is 5.23. The van der Waals surface area contributed by atoms with Crippen LogP contribution in [-0.4, -0.2) is 24.4 Å². The van der Waals surface area contributed by atoms with Gasteiger partial charge in [0.1, 0.15) is 0 Å². The average Bonchev–Trinajstić information content (AvgIpc) is 2.64. The van der Waals surface area contributed by atoms with Crippen LogP contribution in [0.1, 0.15) is 29.3 Å². The standard InChI is InChI=1S/C19H19NO5/c1-3-12-25-19-13-14(9-11-18(19)24-2)8-10-17(21)15-6-4-5-7-16(15)20(22)23/h4-11,13H,3,12H2,1-2H3/b10-8+. The number of nitrogens with zero attached hydrogens (tertiary/aromatic N) is 1. The lowest BCUT2D eigenvalue weighted by Crippen LogP contribution is -2.01. The fourth-order valence-corrected chi connectivity index (χ4v) is 2.22. The van der Waals surface area contributed by atoms with Gasteiger partial charge < -0.3 is 9.47 Å². The smallest absolute Gasteiger partial charge is 0.280 e. The van der Waals surface area contributed by atoms with Gasteiger partial charge in [0.25, 0.3) is 5.69 Å². The fourth-order valence-electron chi connectivity index (χ4n) is 2.22. The maximum Gasteiger partial charge on any atom is 0.280 e. The Bertz CT molecular complexity index is 798. The van der Waals surface area contributed by atoms with Crippen molar-refractivity contribution in [3.8, 4) is 11.5 Å². The Hall–Kier alpha value is -3.15. The Morgan fingerprint density at radius 3 is 2.64 bits per heavy atom. The van der Waals surface area contributed by atoms with E-state index in [1.54, 1.807) is 37.5 Å². The lowest BCUT2D eigenvalue weighted by atomic mass is 10.1. The predicted molar refractivity (Wildman–Crippen MR) is 95.2 cm³/mol. The first kappa shape index (κ1) is 18.2. The summed E-state index contributed by atoms with van der Waals surface area (Å²) in [6, 6.07) is 11.2. The molecule has 2 rings (SSSR count). The number of benzene rings is 2. The SMILES string of the molecule is CCCOc1cc(/C=C/C(=O)c2ccccc2[N+](=O)[O-])ccc1OC. The topological polar surface area (TPSA) is 78.7 Å². The molecule has 0 N–H and O–H groups in total. The van der Waals surface area contributed by atoms with Crippen molar-refractivity contribution >= 4 is 17.5 Å². The number of rotatable bonds is 8. The minimum atomic E-state index is -0.564. The molecule has 0 unspecified atom stereocenters. The van der Waals surface area contributed by atoms with Crippen molar-refractivity contribution in [2.75, 3.05) is 13.7 Å². The zero-order chi connectivity index (χ0) is 18.2. The molecule has 2 aromatic carbocycles. The van der Waals surface area contributed by atoms with Gasteiger partial charge in [-0.1, -0.05) is 31.2 Å². The number of nitro groups is 1. The van der Waals surface area contributed by atoms with Gasteiger partial charge in [0.05, 0.1) is 24.2 Å². The summed E-state index contributed by atoms with van der Waals surface area (Å²) >= 11 is 0. The fraction of sp³-hybridized carbons (Fsp3) is 0.211. The summed E-state index contributed by atoms with van der Waals surface area (Å²) in [5.41, 5.74) is 0.581. The molecule has 0 aliphatic carbocycles. The van der Waals surface area contributed by atoms with E-state index in [1.807, 2.05) is 6.92 Å². The van der Waals surface area contributed by atoms with Crippen LogP contribution >= 0.6 is 0 Å². The summed E-state index contributed by atoms with van der Waals surface area (Å²) in [7, 11) is 1.56. The van der Waals surface area contributed by atoms with Gasteiger partial charge in [-0.3, -0.25) is 14.9 Å². The van der Waals surface area contributed by atoms with Crippen LogP contribution in [0.5, 0.6) is 11.5 Å². The maximum absolute atomic E-state index is 12.3. The molecule has 0 saturated carbocycles. The van der Waals surface area contributed by atoms with E-state index < -0.39 is 10.7 Å². The summed E-state index contributed by atoms with van der Waals surface area (Å²) in [6.45, 7) is 2.56. The van der Waals surface area contributed by atoms with Crippen LogP contribution in [0, 0.1) is 10.1 Å². The van der Waals surface area contributed by atoms with Crippen molar-refractivity contribution in [2.24, 2.45) is 0 Å². The Balaban J connectivity index is 2.24. The molecule has 0 aliphatic rings. The van der Waals surface area contributed by atoms with Gasteiger partial charge in [-0.2, -0.15) is 0 Å². The van der Waals surface area contributed by atoms with Gasteiger partial charge in [-0.05, 0) is 36.3 Å². The van der Waals surface area contributed by atoms with Gasteiger partial charge in [0.15, 0.2) is 17.3 Å². The van der Waals surface area contributed by atoms with Crippen molar-refractivity contribution in [1.82, 2.24) is 0 Å². The first-order valence-corrected chi connectivity index (χ1v) is 7.83. The molecule has 0 radical (unpaired) electrons. The van der Waals surface area contributed by atoms with Gasteiger partial charge in [-0.15, -0.1) is 0 Å². The number of hydrogen-bond acceptors (Lipinski definition) is 5. The second kappa shape index (κ2) is 8.63. The molecule has 0 aromatic heterocycles. The van der Waals surface area contributed by atoms with Crippen molar-refractivity contribution in [3.63, 3.8) is 0 Å². The lowest BCUT2D eigenvalue weighted by Gasteiger charge is -2.10. The molecule has 0 amide bonds. The first-order chi connectivity index (χ1) is 12.1. The highest BCUT2D eigenvalue weighted by Crippen LogP contribution is 2.29. The number of hydrogen-bond donors (Lipinski definition) is 0. The minimum Gasteiger partial charge on any atom is -0.493 e. The Kier molecular flexibility index (Phi) is 6.28. The highest BCUT2D eigenvalue weighted by molar-refractivity contribution is 6.09. The normalized spacial score (nSPS) is 10.6. The average molecular weight is 341 g/mol. The lowest BCUT2D eigenvalue weighted by molar-refractivity contribution is -0.385. The van der Waals surface area contributed by atoms with Crippen LogP contribution in [0.15, 0.2) is 48.5 Å². The summed E-state index contributed by atoms with van der Waals surface area (Å²) in [6.07, 6.45) is 3.77. The molecule has 25 heavy (non-hydrogen) atoms. The van der Waals surface area contributed by atoms with E-state index in [2.05, 4.69) is 0 Å². The molecule has 6 nitrogen and oxygen atoms in total. The number of para-hydroxylation sites is 1. The van der Waals surface area contributed by atoms with Crippen molar-refractivity contribution in [1.29, 1.82) is 0 Å². The zero-order valence-corrected chi connectivity index (χ0v) is 14.1. The van der Waals surface area contributed by atoms with E-state index in [1.165, 1.54) is 24.3 Å². The number of carbonyl (C=O) groups excluding carboxylic acids is 1. The molecule has 6 heteroatoms. The molecule has 130 valence electrons. The maximum atomic E-state index is 12.3. The summed E-state index contributed by atoms with van der Waals surface area (Å²) in [5.74, 6) is 0.763. The summed E-state index contributed by atoms with van der Waals surface area (Å²) in [4.78, 5) is 22.7. The molecule has 0 atom stereocenters. The van der Waals surface area contributed by atoms with Crippen molar-refractivity contribution in [2.45, 2.75) is 13.3 Å². The number of methoxy groups -OCH3 is 1. The Morgan fingerprint density at radius 2 is 1.96 bits per heavy atom. The molecule has 0 fully saturated rings. The van der Waals surface area contributed by atoms with Gasteiger partial charge in [-0.25, -0.2) is 0 Å². The summed E-state index contributed by atoms with van der Waals surface area (Å²) in [5, 5.41) is 11.0. The zero-order valence-electron chi connectivity index (χ0n) is 14.1. The second-order valence-corrected chi connectivity index (χ2v) is 5.23. The van der Waals surface area contributed by atoms with Gasteiger partial charge >= 0.3 is 0 Å².